The molecule has 1 aliphatic heterocycles. The fourth-order valence-electron chi connectivity index (χ4n) is 1.48. The molecule has 1 heterocycles. The van der Waals surface area contributed by atoms with Crippen LogP contribution in [-0.2, 0) is 6.42 Å². The quantitative estimate of drug-likeness (QED) is 0.679. The summed E-state index contributed by atoms with van der Waals surface area (Å²) in [4.78, 5) is 0. The van der Waals surface area contributed by atoms with Crippen molar-refractivity contribution < 1.29 is 9.84 Å². The second-order valence-electron chi connectivity index (χ2n) is 3.21. The van der Waals surface area contributed by atoms with Crippen molar-refractivity contribution in [3.05, 3.63) is 29.8 Å². The van der Waals surface area contributed by atoms with Gasteiger partial charge in [0.1, 0.15) is 11.9 Å². The van der Waals surface area contributed by atoms with Crippen LogP contribution >= 0.6 is 0 Å². The molecule has 0 aromatic heterocycles. The van der Waals surface area contributed by atoms with Crippen molar-refractivity contribution in [2.24, 2.45) is 0 Å². The van der Waals surface area contributed by atoms with Gasteiger partial charge in [0.25, 0.3) is 0 Å². The second kappa shape index (κ2) is 2.79. The highest BCUT2D eigenvalue weighted by Gasteiger charge is 2.25. The number of para-hydroxylation sites is 1. The van der Waals surface area contributed by atoms with Gasteiger partial charge in [-0.1, -0.05) is 18.2 Å². The standard InChI is InChI=1S/C10H12O2/c1-7(11)10-6-8-4-2-3-5-9(8)12-10/h2-5,7,10-11H,6H2,1H3/t7-,10-/m1/s1. The van der Waals surface area contributed by atoms with Gasteiger partial charge in [-0.05, 0) is 18.6 Å². The summed E-state index contributed by atoms with van der Waals surface area (Å²) in [5.74, 6) is 0.920. The largest absolute Gasteiger partial charge is 0.487 e. The first-order valence-corrected chi connectivity index (χ1v) is 4.20. The molecule has 64 valence electrons. The smallest absolute Gasteiger partial charge is 0.128 e. The number of hydrogen-bond donors (Lipinski definition) is 1. The van der Waals surface area contributed by atoms with Gasteiger partial charge in [0.05, 0.1) is 6.10 Å². The fraction of sp³-hybridized carbons (Fsp3) is 0.400. The maximum atomic E-state index is 9.30. The molecule has 0 amide bonds. The summed E-state index contributed by atoms with van der Waals surface area (Å²) in [7, 11) is 0. The van der Waals surface area contributed by atoms with Crippen LogP contribution in [0.1, 0.15) is 12.5 Å². The van der Waals surface area contributed by atoms with Crippen LogP contribution in [0.25, 0.3) is 0 Å². The topological polar surface area (TPSA) is 29.5 Å². The predicted molar refractivity (Wildman–Crippen MR) is 46.2 cm³/mol. The minimum Gasteiger partial charge on any atom is -0.487 e. The van der Waals surface area contributed by atoms with E-state index >= 15 is 0 Å². The Hall–Kier alpha value is -1.02. The highest BCUT2D eigenvalue weighted by atomic mass is 16.5. The molecule has 2 nitrogen and oxygen atoms in total. The first-order valence-electron chi connectivity index (χ1n) is 4.20. The first-order chi connectivity index (χ1) is 5.77. The molecular formula is C10H12O2. The van der Waals surface area contributed by atoms with Gasteiger partial charge in [-0.3, -0.25) is 0 Å². The van der Waals surface area contributed by atoms with E-state index in [1.165, 1.54) is 5.56 Å². The third kappa shape index (κ3) is 1.18. The van der Waals surface area contributed by atoms with E-state index in [2.05, 4.69) is 0 Å². The fourth-order valence-corrected chi connectivity index (χ4v) is 1.48. The Morgan fingerprint density at radius 1 is 1.50 bits per heavy atom. The van der Waals surface area contributed by atoms with E-state index in [0.717, 1.165) is 12.2 Å². The Morgan fingerprint density at radius 2 is 2.25 bits per heavy atom. The number of aliphatic hydroxyl groups excluding tert-OH is 1. The van der Waals surface area contributed by atoms with Crippen molar-refractivity contribution in [1.29, 1.82) is 0 Å². The minimum atomic E-state index is -0.391. The molecule has 0 bridgehead atoms. The van der Waals surface area contributed by atoms with Gasteiger partial charge < -0.3 is 9.84 Å². The minimum absolute atomic E-state index is 0.0533. The van der Waals surface area contributed by atoms with Gasteiger partial charge in [0.15, 0.2) is 0 Å². The maximum absolute atomic E-state index is 9.30. The third-order valence-corrected chi connectivity index (χ3v) is 2.21. The zero-order valence-electron chi connectivity index (χ0n) is 7.03. The van der Waals surface area contributed by atoms with E-state index in [1.807, 2.05) is 24.3 Å². The zero-order valence-corrected chi connectivity index (χ0v) is 7.03. The predicted octanol–water partition coefficient (Wildman–Crippen LogP) is 1.37. The molecule has 2 heteroatoms. The number of hydrogen-bond acceptors (Lipinski definition) is 2. The Labute approximate surface area is 71.8 Å². The monoisotopic (exact) mass is 164 g/mol. The lowest BCUT2D eigenvalue weighted by Crippen LogP contribution is -2.26. The molecule has 0 aliphatic carbocycles. The molecule has 0 fully saturated rings. The molecule has 0 spiro atoms. The van der Waals surface area contributed by atoms with E-state index in [1.54, 1.807) is 6.92 Å². The molecule has 0 saturated carbocycles. The molecule has 2 atom stereocenters. The average molecular weight is 164 g/mol. The molecule has 0 saturated heterocycles. The van der Waals surface area contributed by atoms with E-state index in [0.29, 0.717) is 0 Å². The van der Waals surface area contributed by atoms with Crippen LogP contribution in [-0.4, -0.2) is 17.3 Å². The third-order valence-electron chi connectivity index (χ3n) is 2.21. The van der Waals surface area contributed by atoms with Crippen molar-refractivity contribution >= 4 is 0 Å². The summed E-state index contributed by atoms with van der Waals surface area (Å²) in [5.41, 5.74) is 1.20. The molecule has 12 heavy (non-hydrogen) atoms. The van der Waals surface area contributed by atoms with E-state index in [-0.39, 0.29) is 6.10 Å². The summed E-state index contributed by atoms with van der Waals surface area (Å²) < 4.78 is 5.52. The van der Waals surface area contributed by atoms with Crippen LogP contribution < -0.4 is 4.74 Å². The summed E-state index contributed by atoms with van der Waals surface area (Å²) in [5, 5.41) is 9.30. The van der Waals surface area contributed by atoms with Gasteiger partial charge in [-0.15, -0.1) is 0 Å². The Balaban J connectivity index is 2.22. The lowest BCUT2D eigenvalue weighted by Gasteiger charge is -2.12. The molecular weight excluding hydrogens is 152 g/mol. The summed E-state index contributed by atoms with van der Waals surface area (Å²) in [6, 6.07) is 7.92. The van der Waals surface area contributed by atoms with Crippen LogP contribution in [0.15, 0.2) is 24.3 Å². The number of ether oxygens (including phenoxy) is 1. The summed E-state index contributed by atoms with van der Waals surface area (Å²) in [6.07, 6.45) is 0.383. The van der Waals surface area contributed by atoms with Gasteiger partial charge >= 0.3 is 0 Å². The Bertz CT molecular complexity index is 256. The van der Waals surface area contributed by atoms with Crippen LogP contribution in [0.5, 0.6) is 5.75 Å². The van der Waals surface area contributed by atoms with E-state index < -0.39 is 6.10 Å². The van der Waals surface area contributed by atoms with Gasteiger partial charge in [0.2, 0.25) is 0 Å². The first kappa shape index (κ1) is 7.62. The zero-order chi connectivity index (χ0) is 8.55. The van der Waals surface area contributed by atoms with E-state index in [4.69, 9.17) is 4.74 Å². The normalized spacial score (nSPS) is 23.0. The Morgan fingerprint density at radius 3 is 2.92 bits per heavy atom. The van der Waals surface area contributed by atoms with Gasteiger partial charge in [0, 0.05) is 6.42 Å². The summed E-state index contributed by atoms with van der Waals surface area (Å²) >= 11 is 0. The number of rotatable bonds is 1. The molecule has 2 rings (SSSR count). The van der Waals surface area contributed by atoms with E-state index in [9.17, 15) is 5.11 Å². The van der Waals surface area contributed by atoms with Crippen molar-refractivity contribution in [1.82, 2.24) is 0 Å². The summed E-state index contributed by atoms with van der Waals surface area (Å²) in [6.45, 7) is 1.76. The number of benzene rings is 1. The Kier molecular flexibility index (Phi) is 1.77. The molecule has 0 unspecified atom stereocenters. The lowest BCUT2D eigenvalue weighted by atomic mass is 10.1. The van der Waals surface area contributed by atoms with Gasteiger partial charge in [-0.2, -0.15) is 0 Å². The van der Waals surface area contributed by atoms with Crippen LogP contribution in [0.3, 0.4) is 0 Å². The lowest BCUT2D eigenvalue weighted by molar-refractivity contribution is 0.0632. The number of aliphatic hydroxyl groups is 1. The number of fused-ring (bicyclic) bond motifs is 1. The maximum Gasteiger partial charge on any atom is 0.128 e. The van der Waals surface area contributed by atoms with Gasteiger partial charge in [-0.25, -0.2) is 0 Å². The highest BCUT2D eigenvalue weighted by molar-refractivity contribution is 5.37. The molecule has 1 aliphatic rings. The SMILES string of the molecule is C[C@@H](O)[C@H]1Cc2ccccc2O1. The van der Waals surface area contributed by atoms with Crippen molar-refractivity contribution in [2.75, 3.05) is 0 Å². The molecule has 1 aromatic carbocycles. The van der Waals surface area contributed by atoms with Crippen LogP contribution in [0.2, 0.25) is 0 Å². The second-order valence-corrected chi connectivity index (χ2v) is 3.21. The highest BCUT2D eigenvalue weighted by Crippen LogP contribution is 2.29. The average Bonchev–Trinajstić information content (AvgIpc) is 2.46. The van der Waals surface area contributed by atoms with Crippen molar-refractivity contribution in [3.63, 3.8) is 0 Å². The van der Waals surface area contributed by atoms with Crippen molar-refractivity contribution in [3.8, 4) is 5.75 Å². The van der Waals surface area contributed by atoms with Crippen LogP contribution in [0.4, 0.5) is 0 Å². The molecule has 1 aromatic rings. The van der Waals surface area contributed by atoms with Crippen LogP contribution in [0, 0.1) is 0 Å². The van der Waals surface area contributed by atoms with Crippen molar-refractivity contribution in [2.45, 2.75) is 25.6 Å². The molecule has 0 radical (unpaired) electrons. The molecule has 1 N–H and O–H groups in total.